The molecule has 1 aromatic carbocycles. The number of aromatic amines is 1. The number of hydrogen-bond donors (Lipinski definition) is 1. The van der Waals surface area contributed by atoms with Gasteiger partial charge in [0.2, 0.25) is 0 Å². The van der Waals surface area contributed by atoms with Gasteiger partial charge in [0.25, 0.3) is 0 Å². The molecule has 0 aliphatic carbocycles. The van der Waals surface area contributed by atoms with Gasteiger partial charge in [0.1, 0.15) is 0 Å². The number of nitrogens with zero attached hydrogens (tertiary/aromatic N) is 1. The molecule has 0 bridgehead atoms. The first-order valence-corrected chi connectivity index (χ1v) is 7.33. The van der Waals surface area contributed by atoms with Crippen molar-refractivity contribution in [2.45, 2.75) is 19.8 Å². The summed E-state index contributed by atoms with van der Waals surface area (Å²) in [5.74, 6) is 0.330. The van der Waals surface area contributed by atoms with Crippen LogP contribution in [0.4, 0.5) is 0 Å². The van der Waals surface area contributed by atoms with E-state index in [-0.39, 0.29) is 0 Å². The molecular weight excluding hydrogens is 355 g/mol. The zero-order valence-electron chi connectivity index (χ0n) is 9.80. The van der Waals surface area contributed by atoms with Gasteiger partial charge in [0.05, 0.1) is 15.7 Å². The Balaban J connectivity index is 2.74. The Morgan fingerprint density at radius 2 is 1.94 bits per heavy atom. The fourth-order valence-electron chi connectivity index (χ4n) is 1.74. The average Bonchev–Trinajstić information content (AvgIpc) is 2.69. The van der Waals surface area contributed by atoms with Gasteiger partial charge in [0.15, 0.2) is 4.77 Å². The molecule has 1 heterocycles. The van der Waals surface area contributed by atoms with Gasteiger partial charge in [0, 0.05) is 16.4 Å². The fraction of sp³-hybridized carbons (Fsp3) is 0.250. The molecule has 6 heteroatoms. The highest BCUT2D eigenvalue weighted by Crippen LogP contribution is 2.36. The van der Waals surface area contributed by atoms with Crippen LogP contribution >= 0.6 is 51.3 Å². The lowest BCUT2D eigenvalue weighted by atomic mass is 10.1. The third-order valence-corrected chi connectivity index (χ3v) is 4.71. The van der Waals surface area contributed by atoms with Crippen LogP contribution in [-0.4, -0.2) is 9.55 Å². The van der Waals surface area contributed by atoms with Crippen molar-refractivity contribution in [1.82, 2.24) is 9.55 Å². The quantitative estimate of drug-likeness (QED) is 0.532. The van der Waals surface area contributed by atoms with Crippen LogP contribution in [0.5, 0.6) is 0 Å². The SMILES string of the molecule is CC(C)c1c[nH]c(=S)n1-c1ccc(Br)c(Cl)c1Cl. The summed E-state index contributed by atoms with van der Waals surface area (Å²) in [6.07, 6.45) is 1.90. The number of rotatable bonds is 2. The summed E-state index contributed by atoms with van der Waals surface area (Å²) in [5, 5.41) is 0.982. The van der Waals surface area contributed by atoms with Crippen molar-refractivity contribution in [2.24, 2.45) is 0 Å². The van der Waals surface area contributed by atoms with Crippen molar-refractivity contribution in [3.05, 3.63) is 43.3 Å². The van der Waals surface area contributed by atoms with Crippen LogP contribution in [0.1, 0.15) is 25.5 Å². The predicted molar refractivity (Wildman–Crippen MR) is 82.8 cm³/mol. The number of benzene rings is 1. The van der Waals surface area contributed by atoms with Crippen molar-refractivity contribution in [3.63, 3.8) is 0 Å². The predicted octanol–water partition coefficient (Wildman–Crippen LogP) is 5.73. The van der Waals surface area contributed by atoms with Crippen LogP contribution in [0.25, 0.3) is 5.69 Å². The summed E-state index contributed by atoms with van der Waals surface area (Å²) < 4.78 is 3.30. The molecule has 0 saturated carbocycles. The molecule has 2 rings (SSSR count). The van der Waals surface area contributed by atoms with Gasteiger partial charge in [-0.05, 0) is 46.2 Å². The van der Waals surface area contributed by atoms with E-state index in [4.69, 9.17) is 35.4 Å². The molecular formula is C12H11BrCl2N2S. The Hall–Kier alpha value is -0.290. The second-order valence-electron chi connectivity index (χ2n) is 4.20. The maximum atomic E-state index is 6.30. The number of imidazole rings is 1. The van der Waals surface area contributed by atoms with Gasteiger partial charge in [-0.15, -0.1) is 0 Å². The van der Waals surface area contributed by atoms with Gasteiger partial charge in [-0.2, -0.15) is 0 Å². The first-order chi connectivity index (χ1) is 8.43. The number of hydrogen-bond acceptors (Lipinski definition) is 1. The van der Waals surface area contributed by atoms with E-state index >= 15 is 0 Å². The standard InChI is InChI=1S/C12H11BrCl2N2S/c1-6(2)9-5-16-12(18)17(9)8-4-3-7(13)10(14)11(8)15/h3-6H,1-2H3,(H,16,18). The minimum atomic E-state index is 0.330. The molecule has 1 N–H and O–H groups in total. The van der Waals surface area contributed by atoms with Crippen LogP contribution in [-0.2, 0) is 0 Å². The Bertz CT molecular complexity index is 646. The lowest BCUT2D eigenvalue weighted by Gasteiger charge is -2.13. The summed E-state index contributed by atoms with van der Waals surface area (Å²) >= 11 is 21.1. The summed E-state index contributed by atoms with van der Waals surface area (Å²) in [7, 11) is 0. The normalized spacial score (nSPS) is 11.2. The molecule has 0 spiro atoms. The second kappa shape index (κ2) is 5.37. The molecule has 0 aliphatic heterocycles. The van der Waals surface area contributed by atoms with E-state index in [9.17, 15) is 0 Å². The molecule has 1 aromatic heterocycles. The largest absolute Gasteiger partial charge is 0.337 e. The van der Waals surface area contributed by atoms with E-state index in [0.717, 1.165) is 15.9 Å². The van der Waals surface area contributed by atoms with Crippen molar-refractivity contribution >= 4 is 51.3 Å². The van der Waals surface area contributed by atoms with Gasteiger partial charge >= 0.3 is 0 Å². The van der Waals surface area contributed by atoms with E-state index < -0.39 is 0 Å². The maximum absolute atomic E-state index is 6.30. The van der Waals surface area contributed by atoms with Gasteiger partial charge in [-0.3, -0.25) is 4.57 Å². The third kappa shape index (κ3) is 2.39. The highest BCUT2D eigenvalue weighted by Gasteiger charge is 2.15. The fourth-order valence-corrected chi connectivity index (χ4v) is 2.86. The first kappa shape index (κ1) is 14.1. The molecule has 2 aromatic rings. The van der Waals surface area contributed by atoms with Crippen LogP contribution in [0.2, 0.25) is 10.0 Å². The molecule has 0 radical (unpaired) electrons. The van der Waals surface area contributed by atoms with Gasteiger partial charge in [-0.25, -0.2) is 0 Å². The second-order valence-corrected chi connectivity index (χ2v) is 6.20. The lowest BCUT2D eigenvalue weighted by molar-refractivity contribution is 0.783. The summed E-state index contributed by atoms with van der Waals surface area (Å²) in [5.41, 5.74) is 1.86. The Morgan fingerprint density at radius 3 is 2.56 bits per heavy atom. The van der Waals surface area contributed by atoms with Crippen LogP contribution in [0, 0.1) is 4.77 Å². The average molecular weight is 366 g/mol. The van der Waals surface area contributed by atoms with Gasteiger partial charge < -0.3 is 4.98 Å². The highest BCUT2D eigenvalue weighted by molar-refractivity contribution is 9.10. The smallest absolute Gasteiger partial charge is 0.182 e. The summed E-state index contributed by atoms with van der Waals surface area (Å²) in [6.45, 7) is 4.20. The molecule has 0 unspecified atom stereocenters. The zero-order chi connectivity index (χ0) is 13.4. The third-order valence-electron chi connectivity index (χ3n) is 2.65. The van der Waals surface area contributed by atoms with Crippen LogP contribution < -0.4 is 0 Å². The number of nitrogens with one attached hydrogen (secondary N) is 1. The molecule has 0 atom stereocenters. The topological polar surface area (TPSA) is 20.7 Å². The molecule has 96 valence electrons. The Labute approximate surface area is 129 Å². The molecule has 0 saturated heterocycles. The minimum absolute atomic E-state index is 0.330. The van der Waals surface area contributed by atoms with Crippen molar-refractivity contribution in [3.8, 4) is 5.69 Å². The monoisotopic (exact) mass is 364 g/mol. The Kier molecular flexibility index (Phi) is 4.22. The van der Waals surface area contributed by atoms with Gasteiger partial charge in [-0.1, -0.05) is 37.0 Å². The number of H-pyrrole nitrogens is 1. The molecule has 0 amide bonds. The molecule has 18 heavy (non-hydrogen) atoms. The zero-order valence-corrected chi connectivity index (χ0v) is 13.7. The molecule has 0 fully saturated rings. The van der Waals surface area contributed by atoms with E-state index in [0.29, 0.717) is 20.7 Å². The van der Waals surface area contributed by atoms with E-state index in [2.05, 4.69) is 34.8 Å². The first-order valence-electron chi connectivity index (χ1n) is 5.37. The van der Waals surface area contributed by atoms with E-state index in [1.807, 2.05) is 22.9 Å². The van der Waals surface area contributed by atoms with Crippen LogP contribution in [0.15, 0.2) is 22.8 Å². The highest BCUT2D eigenvalue weighted by atomic mass is 79.9. The van der Waals surface area contributed by atoms with Crippen molar-refractivity contribution < 1.29 is 0 Å². The summed E-state index contributed by atoms with van der Waals surface area (Å²) in [6, 6.07) is 3.76. The number of aromatic nitrogens is 2. The van der Waals surface area contributed by atoms with E-state index in [1.165, 1.54) is 0 Å². The molecule has 0 aliphatic rings. The van der Waals surface area contributed by atoms with Crippen molar-refractivity contribution in [2.75, 3.05) is 0 Å². The van der Waals surface area contributed by atoms with Crippen molar-refractivity contribution in [1.29, 1.82) is 0 Å². The Morgan fingerprint density at radius 1 is 1.28 bits per heavy atom. The van der Waals surface area contributed by atoms with Crippen LogP contribution in [0.3, 0.4) is 0 Å². The molecule has 2 nitrogen and oxygen atoms in total. The number of halogens is 3. The summed E-state index contributed by atoms with van der Waals surface area (Å²) in [4.78, 5) is 3.04. The maximum Gasteiger partial charge on any atom is 0.182 e. The minimum Gasteiger partial charge on any atom is -0.337 e. The lowest BCUT2D eigenvalue weighted by Crippen LogP contribution is -2.03. The van der Waals surface area contributed by atoms with E-state index in [1.54, 1.807) is 0 Å².